The number of unbranched alkanes of at least 4 members (excludes halogenated alkanes) is 9. The summed E-state index contributed by atoms with van der Waals surface area (Å²) in [7, 11) is 0. The van der Waals surface area contributed by atoms with Gasteiger partial charge < -0.3 is 10.1 Å². The second kappa shape index (κ2) is 14.2. The maximum absolute atomic E-state index is 12.4. The number of amides is 1. The van der Waals surface area contributed by atoms with Gasteiger partial charge in [0.15, 0.2) is 17.1 Å². The Morgan fingerprint density at radius 2 is 1.58 bits per heavy atom. The Kier molecular flexibility index (Phi) is 11.6. The molecule has 1 aliphatic rings. The predicted molar refractivity (Wildman–Crippen MR) is 135 cm³/mol. The van der Waals surface area contributed by atoms with Crippen molar-refractivity contribution in [2.24, 2.45) is 5.16 Å². The third-order valence-electron chi connectivity index (χ3n) is 5.58. The van der Waals surface area contributed by atoms with Crippen LogP contribution in [0.15, 0.2) is 45.7 Å². The molecule has 1 aromatic rings. The van der Waals surface area contributed by atoms with Crippen LogP contribution in [0.5, 0.6) is 0 Å². The van der Waals surface area contributed by atoms with Crippen LogP contribution in [0.25, 0.3) is 0 Å². The second-order valence-electron chi connectivity index (χ2n) is 8.88. The molecular weight excluding hydrogens is 484 g/mol. The molecule has 1 aromatic carbocycles. The standard InChI is InChI=1S/C26H37BrN2O4/c1-4-5-6-7-8-9-10-11-12-16-19-28-25(31)33-29-22(20-17-14-13-15-18-20)23-21(27)24(30)26(2,3)32-23/h13-15,17-18H,4-12,16,19H2,1-3H3,(H,28,31). The summed E-state index contributed by atoms with van der Waals surface area (Å²) < 4.78 is 6.12. The molecule has 1 aliphatic heterocycles. The van der Waals surface area contributed by atoms with E-state index in [1.54, 1.807) is 13.8 Å². The molecule has 0 bridgehead atoms. The molecule has 6 nitrogen and oxygen atoms in total. The number of halogens is 1. The lowest BCUT2D eigenvalue weighted by Crippen LogP contribution is -2.29. The topological polar surface area (TPSA) is 77.0 Å². The summed E-state index contributed by atoms with van der Waals surface area (Å²) in [5, 5.41) is 6.77. The average molecular weight is 521 g/mol. The maximum atomic E-state index is 12.4. The van der Waals surface area contributed by atoms with Crippen LogP contribution < -0.4 is 5.32 Å². The fourth-order valence-electron chi connectivity index (χ4n) is 3.61. The van der Waals surface area contributed by atoms with E-state index < -0.39 is 11.7 Å². The molecule has 0 atom stereocenters. The number of hydrogen-bond donors (Lipinski definition) is 1. The van der Waals surface area contributed by atoms with Crippen molar-refractivity contribution in [2.45, 2.75) is 90.6 Å². The van der Waals surface area contributed by atoms with Gasteiger partial charge in [-0.3, -0.25) is 9.63 Å². The number of nitrogens with one attached hydrogen (secondary N) is 1. The van der Waals surface area contributed by atoms with Crippen molar-refractivity contribution in [1.29, 1.82) is 0 Å². The first-order valence-corrected chi connectivity index (χ1v) is 12.9. The fourth-order valence-corrected chi connectivity index (χ4v) is 4.36. The number of carbonyl (C=O) groups excluding carboxylic acids is 2. The summed E-state index contributed by atoms with van der Waals surface area (Å²) in [5.74, 6) is 0.0743. The van der Waals surface area contributed by atoms with Gasteiger partial charge in [0, 0.05) is 12.1 Å². The molecule has 0 saturated heterocycles. The van der Waals surface area contributed by atoms with Crippen molar-refractivity contribution in [1.82, 2.24) is 5.32 Å². The van der Waals surface area contributed by atoms with Gasteiger partial charge in [-0.25, -0.2) is 4.79 Å². The minimum Gasteiger partial charge on any atom is -0.476 e. The Morgan fingerprint density at radius 3 is 2.12 bits per heavy atom. The number of Topliss-reactive ketones (excluding diaryl/α,β-unsaturated/α-hetero) is 1. The molecule has 0 aliphatic carbocycles. The summed E-state index contributed by atoms with van der Waals surface area (Å²) >= 11 is 3.31. The molecule has 2 rings (SSSR count). The first-order valence-electron chi connectivity index (χ1n) is 12.1. The van der Waals surface area contributed by atoms with E-state index in [4.69, 9.17) is 9.57 Å². The van der Waals surface area contributed by atoms with Gasteiger partial charge in [-0.1, -0.05) is 100 Å². The highest BCUT2D eigenvalue weighted by Gasteiger charge is 2.43. The number of rotatable bonds is 14. The third-order valence-corrected chi connectivity index (χ3v) is 6.30. The number of nitrogens with zero attached hydrogens (tertiary/aromatic N) is 1. The van der Waals surface area contributed by atoms with Crippen LogP contribution in [0.1, 0.15) is 90.5 Å². The van der Waals surface area contributed by atoms with Crippen molar-refractivity contribution in [3.63, 3.8) is 0 Å². The van der Waals surface area contributed by atoms with Gasteiger partial charge in [0.1, 0.15) is 4.48 Å². The van der Waals surface area contributed by atoms with Crippen molar-refractivity contribution in [3.05, 3.63) is 46.1 Å². The Labute approximate surface area is 206 Å². The van der Waals surface area contributed by atoms with E-state index in [9.17, 15) is 9.59 Å². The first-order chi connectivity index (χ1) is 15.9. The molecular formula is C26H37BrN2O4. The van der Waals surface area contributed by atoms with Crippen LogP contribution in [-0.2, 0) is 14.4 Å². The number of oxime groups is 1. The molecule has 0 aromatic heterocycles. The van der Waals surface area contributed by atoms with E-state index in [2.05, 4.69) is 33.3 Å². The van der Waals surface area contributed by atoms with Crippen molar-refractivity contribution in [3.8, 4) is 0 Å². The van der Waals surface area contributed by atoms with E-state index in [1.807, 2.05) is 30.3 Å². The van der Waals surface area contributed by atoms with Crippen molar-refractivity contribution >= 4 is 33.5 Å². The molecule has 7 heteroatoms. The number of benzene rings is 1. The molecule has 0 unspecified atom stereocenters. The molecule has 0 spiro atoms. The van der Waals surface area contributed by atoms with E-state index in [-0.39, 0.29) is 21.7 Å². The van der Waals surface area contributed by atoms with Crippen LogP contribution in [0.4, 0.5) is 4.79 Å². The highest BCUT2D eigenvalue weighted by atomic mass is 79.9. The predicted octanol–water partition coefficient (Wildman–Crippen LogP) is 7.02. The van der Waals surface area contributed by atoms with Crippen LogP contribution in [0.3, 0.4) is 0 Å². The molecule has 0 fully saturated rings. The molecule has 0 radical (unpaired) electrons. The molecule has 1 N–H and O–H groups in total. The van der Waals surface area contributed by atoms with Crippen molar-refractivity contribution in [2.75, 3.05) is 6.54 Å². The van der Waals surface area contributed by atoms with Gasteiger partial charge >= 0.3 is 6.09 Å². The Morgan fingerprint density at radius 1 is 1.00 bits per heavy atom. The van der Waals surface area contributed by atoms with Crippen LogP contribution >= 0.6 is 15.9 Å². The van der Waals surface area contributed by atoms with Gasteiger partial charge in [0.05, 0.1) is 0 Å². The number of carbonyl (C=O) groups is 2. The fraction of sp³-hybridized carbons (Fsp3) is 0.577. The average Bonchev–Trinajstić information content (AvgIpc) is 3.01. The molecule has 33 heavy (non-hydrogen) atoms. The summed E-state index contributed by atoms with van der Waals surface area (Å²) in [6.07, 6.45) is 11.7. The largest absolute Gasteiger partial charge is 0.476 e. The van der Waals surface area contributed by atoms with Crippen LogP contribution in [-0.4, -0.2) is 29.7 Å². The third kappa shape index (κ3) is 8.95. The Balaban J connectivity index is 1.79. The monoisotopic (exact) mass is 520 g/mol. The summed E-state index contributed by atoms with van der Waals surface area (Å²) in [4.78, 5) is 29.7. The lowest BCUT2D eigenvalue weighted by atomic mass is 10.1. The maximum Gasteiger partial charge on any atom is 0.433 e. The Hall–Kier alpha value is -2.15. The smallest absolute Gasteiger partial charge is 0.433 e. The summed E-state index contributed by atoms with van der Waals surface area (Å²) in [6, 6.07) is 9.18. The lowest BCUT2D eigenvalue weighted by Gasteiger charge is -2.18. The van der Waals surface area contributed by atoms with Gasteiger partial charge in [-0.2, -0.15) is 0 Å². The minimum atomic E-state index is -1.01. The summed E-state index contributed by atoms with van der Waals surface area (Å²) in [5.41, 5.74) is -0.0467. The van der Waals surface area contributed by atoms with Crippen molar-refractivity contribution < 1.29 is 19.2 Å². The van der Waals surface area contributed by atoms with E-state index in [0.29, 0.717) is 12.1 Å². The van der Waals surface area contributed by atoms with Crippen LogP contribution in [0.2, 0.25) is 0 Å². The molecule has 182 valence electrons. The highest BCUT2D eigenvalue weighted by molar-refractivity contribution is 9.12. The second-order valence-corrected chi connectivity index (χ2v) is 9.67. The highest BCUT2D eigenvalue weighted by Crippen LogP contribution is 2.35. The van der Waals surface area contributed by atoms with Gasteiger partial charge in [-0.15, -0.1) is 0 Å². The van der Waals surface area contributed by atoms with Gasteiger partial charge in [0.25, 0.3) is 0 Å². The molecule has 1 amide bonds. The van der Waals surface area contributed by atoms with E-state index >= 15 is 0 Å². The minimum absolute atomic E-state index is 0.188. The molecule has 1 heterocycles. The Bertz CT molecular complexity index is 834. The van der Waals surface area contributed by atoms with E-state index in [1.165, 1.54) is 51.4 Å². The van der Waals surface area contributed by atoms with Gasteiger partial charge in [-0.05, 0) is 36.2 Å². The zero-order valence-electron chi connectivity index (χ0n) is 20.1. The summed E-state index contributed by atoms with van der Waals surface area (Å²) in [6.45, 7) is 6.15. The quantitative estimate of drug-likeness (QED) is 0.124. The number of hydrogen-bond acceptors (Lipinski definition) is 5. The number of ketones is 1. The SMILES string of the molecule is CCCCCCCCCCCCNC(=O)ON=C(C1=C(Br)C(=O)C(C)(C)O1)c1ccccc1. The van der Waals surface area contributed by atoms with Gasteiger partial charge in [0.2, 0.25) is 5.78 Å². The number of ether oxygens (including phenoxy) is 1. The normalized spacial score (nSPS) is 15.5. The molecule has 0 saturated carbocycles. The zero-order valence-corrected chi connectivity index (χ0v) is 21.7. The number of allylic oxidation sites excluding steroid dienone is 1. The van der Waals surface area contributed by atoms with Crippen LogP contribution in [0, 0.1) is 0 Å². The first kappa shape index (κ1) is 27.1. The van der Waals surface area contributed by atoms with E-state index in [0.717, 1.165) is 12.8 Å². The lowest BCUT2D eigenvalue weighted by molar-refractivity contribution is -0.126. The zero-order chi connectivity index (χ0) is 24.1.